The largest absolute Gasteiger partial charge is 0.370 e. The summed E-state index contributed by atoms with van der Waals surface area (Å²) in [5.74, 6) is 0.997. The summed E-state index contributed by atoms with van der Waals surface area (Å²) in [7, 11) is 0. The molecule has 0 amide bonds. The lowest BCUT2D eigenvalue weighted by Gasteiger charge is -2.07. The summed E-state index contributed by atoms with van der Waals surface area (Å²) in [5, 5.41) is 7.32. The highest BCUT2D eigenvalue weighted by atomic mass is 127. The minimum atomic E-state index is 0. The van der Waals surface area contributed by atoms with E-state index in [1.807, 2.05) is 0 Å². The Kier molecular flexibility index (Phi) is 8.64. The number of thiophene rings is 1. The predicted molar refractivity (Wildman–Crippen MR) is 82.9 cm³/mol. The summed E-state index contributed by atoms with van der Waals surface area (Å²) in [6.07, 6.45) is 1.07. The van der Waals surface area contributed by atoms with E-state index in [1.54, 1.807) is 11.3 Å². The van der Waals surface area contributed by atoms with Crippen molar-refractivity contribution >= 4 is 41.3 Å². The molecule has 1 heterocycles. The summed E-state index contributed by atoms with van der Waals surface area (Å²) in [5.41, 5.74) is 7.04. The fourth-order valence-corrected chi connectivity index (χ4v) is 1.99. The molecule has 1 unspecified atom stereocenters. The molecule has 0 aliphatic rings. The molecule has 3 nitrogen and oxygen atoms in total. The van der Waals surface area contributed by atoms with E-state index < -0.39 is 0 Å². The first-order valence-corrected chi connectivity index (χ1v) is 6.24. The lowest BCUT2D eigenvalue weighted by molar-refractivity contribution is 0.762. The summed E-state index contributed by atoms with van der Waals surface area (Å²) in [6, 6.07) is 2.14. The Morgan fingerprint density at radius 2 is 2.38 bits per heavy atom. The third-order valence-corrected chi connectivity index (χ3v) is 2.91. The lowest BCUT2D eigenvalue weighted by Crippen LogP contribution is -2.32. The van der Waals surface area contributed by atoms with Crippen molar-refractivity contribution in [2.45, 2.75) is 26.2 Å². The van der Waals surface area contributed by atoms with Crippen LogP contribution in [0.1, 0.15) is 31.7 Å². The highest BCUT2D eigenvalue weighted by molar-refractivity contribution is 14.0. The molecule has 92 valence electrons. The lowest BCUT2D eigenvalue weighted by atomic mass is 10.1. The van der Waals surface area contributed by atoms with Gasteiger partial charge in [-0.25, -0.2) is 0 Å². The van der Waals surface area contributed by atoms with Crippen molar-refractivity contribution in [2.24, 2.45) is 10.7 Å². The van der Waals surface area contributed by atoms with Gasteiger partial charge in [-0.1, -0.05) is 13.8 Å². The Morgan fingerprint density at radius 3 is 2.94 bits per heavy atom. The number of nitrogens with two attached hydrogens (primary N) is 1. The fourth-order valence-electron chi connectivity index (χ4n) is 1.21. The van der Waals surface area contributed by atoms with E-state index in [0.717, 1.165) is 19.5 Å². The van der Waals surface area contributed by atoms with Crippen LogP contribution in [-0.4, -0.2) is 19.0 Å². The number of nitrogens with zero attached hydrogens (tertiary/aromatic N) is 1. The van der Waals surface area contributed by atoms with E-state index in [0.29, 0.717) is 11.9 Å². The van der Waals surface area contributed by atoms with Crippen LogP contribution in [0.4, 0.5) is 0 Å². The molecule has 1 aromatic heterocycles. The Bertz CT molecular complexity index is 298. The molecule has 1 rings (SSSR count). The van der Waals surface area contributed by atoms with E-state index in [1.165, 1.54) is 5.56 Å². The van der Waals surface area contributed by atoms with Crippen molar-refractivity contribution in [1.82, 2.24) is 5.32 Å². The third kappa shape index (κ3) is 5.69. The molecule has 0 fully saturated rings. The van der Waals surface area contributed by atoms with Gasteiger partial charge in [0.05, 0.1) is 0 Å². The molecule has 1 aromatic rings. The van der Waals surface area contributed by atoms with Gasteiger partial charge in [0.1, 0.15) is 0 Å². The van der Waals surface area contributed by atoms with E-state index in [2.05, 4.69) is 41.0 Å². The number of hydrogen-bond acceptors (Lipinski definition) is 2. The molecule has 0 spiro atoms. The summed E-state index contributed by atoms with van der Waals surface area (Å²) >= 11 is 1.72. The molecule has 5 heteroatoms. The summed E-state index contributed by atoms with van der Waals surface area (Å²) in [6.45, 7) is 5.91. The van der Waals surface area contributed by atoms with Gasteiger partial charge in [-0.15, -0.1) is 24.0 Å². The molecular weight excluding hydrogens is 333 g/mol. The second kappa shape index (κ2) is 8.81. The fraction of sp³-hybridized carbons (Fsp3) is 0.545. The van der Waals surface area contributed by atoms with Gasteiger partial charge in [-0.05, 0) is 28.8 Å². The summed E-state index contributed by atoms with van der Waals surface area (Å²) < 4.78 is 0. The van der Waals surface area contributed by atoms with Crippen molar-refractivity contribution in [1.29, 1.82) is 0 Å². The maximum atomic E-state index is 5.70. The summed E-state index contributed by atoms with van der Waals surface area (Å²) in [4.78, 5) is 4.31. The Balaban J connectivity index is 0.00000225. The average molecular weight is 353 g/mol. The first-order valence-electron chi connectivity index (χ1n) is 5.30. The van der Waals surface area contributed by atoms with E-state index >= 15 is 0 Å². The van der Waals surface area contributed by atoms with E-state index in [-0.39, 0.29) is 24.0 Å². The molecule has 16 heavy (non-hydrogen) atoms. The molecule has 0 aliphatic heterocycles. The van der Waals surface area contributed by atoms with Crippen molar-refractivity contribution in [3.8, 4) is 0 Å². The number of rotatable bonds is 5. The van der Waals surface area contributed by atoms with Crippen LogP contribution in [0.5, 0.6) is 0 Å². The molecule has 0 radical (unpaired) electrons. The van der Waals surface area contributed by atoms with Crippen LogP contribution >= 0.6 is 35.3 Å². The second-order valence-corrected chi connectivity index (χ2v) is 4.39. The highest BCUT2D eigenvalue weighted by Crippen LogP contribution is 2.17. The van der Waals surface area contributed by atoms with Gasteiger partial charge < -0.3 is 11.1 Å². The van der Waals surface area contributed by atoms with Crippen LogP contribution in [0.3, 0.4) is 0 Å². The molecule has 0 aromatic carbocycles. The normalized spacial score (nSPS) is 13.0. The molecule has 0 bridgehead atoms. The first-order chi connectivity index (χ1) is 7.24. The molecule has 0 aliphatic carbocycles. The average Bonchev–Trinajstić information content (AvgIpc) is 2.76. The molecule has 0 saturated heterocycles. The zero-order chi connectivity index (χ0) is 11.1. The monoisotopic (exact) mass is 353 g/mol. The topological polar surface area (TPSA) is 50.4 Å². The van der Waals surface area contributed by atoms with Crippen LogP contribution in [0, 0.1) is 0 Å². The maximum Gasteiger partial charge on any atom is 0.188 e. The van der Waals surface area contributed by atoms with Crippen LogP contribution in [0.15, 0.2) is 21.8 Å². The third-order valence-electron chi connectivity index (χ3n) is 2.20. The van der Waals surface area contributed by atoms with E-state index in [4.69, 9.17) is 5.73 Å². The smallest absolute Gasteiger partial charge is 0.188 e. The van der Waals surface area contributed by atoms with Crippen molar-refractivity contribution in [3.05, 3.63) is 22.4 Å². The van der Waals surface area contributed by atoms with Gasteiger partial charge in [0, 0.05) is 19.0 Å². The van der Waals surface area contributed by atoms with Crippen molar-refractivity contribution in [3.63, 3.8) is 0 Å². The zero-order valence-electron chi connectivity index (χ0n) is 9.77. The number of nitrogens with one attached hydrogen (secondary N) is 1. The number of aliphatic imine (C=N–C) groups is 1. The predicted octanol–water partition coefficient (Wildman–Crippen LogP) is 2.78. The Hall–Kier alpha value is -0.300. The minimum absolute atomic E-state index is 0. The van der Waals surface area contributed by atoms with Crippen LogP contribution < -0.4 is 11.1 Å². The van der Waals surface area contributed by atoms with Gasteiger partial charge in [-0.2, -0.15) is 11.3 Å². The van der Waals surface area contributed by atoms with Gasteiger partial charge in [0.15, 0.2) is 5.96 Å². The van der Waals surface area contributed by atoms with Gasteiger partial charge in [0.2, 0.25) is 0 Å². The first kappa shape index (κ1) is 15.7. The highest BCUT2D eigenvalue weighted by Gasteiger charge is 2.04. The number of guanidine groups is 1. The standard InChI is InChI=1S/C11H19N3S.HI/c1-3-5-13-11(12)14-7-9(2)10-4-6-15-8-10;/h4,6,8-9H,3,5,7H2,1-2H3,(H3,12,13,14);1H. The van der Waals surface area contributed by atoms with E-state index in [9.17, 15) is 0 Å². The van der Waals surface area contributed by atoms with Gasteiger partial charge in [0.25, 0.3) is 0 Å². The molecule has 3 N–H and O–H groups in total. The minimum Gasteiger partial charge on any atom is -0.370 e. The SMILES string of the molecule is CCCNC(N)=NCC(C)c1ccsc1.I. The Labute approximate surface area is 119 Å². The Morgan fingerprint density at radius 1 is 1.62 bits per heavy atom. The van der Waals surface area contributed by atoms with Crippen molar-refractivity contribution in [2.75, 3.05) is 13.1 Å². The molecule has 0 saturated carbocycles. The quantitative estimate of drug-likeness (QED) is 0.486. The maximum absolute atomic E-state index is 5.70. The van der Waals surface area contributed by atoms with Crippen LogP contribution in [-0.2, 0) is 0 Å². The zero-order valence-corrected chi connectivity index (χ0v) is 12.9. The number of halogens is 1. The van der Waals surface area contributed by atoms with Crippen LogP contribution in [0.2, 0.25) is 0 Å². The van der Waals surface area contributed by atoms with Crippen LogP contribution in [0.25, 0.3) is 0 Å². The van der Waals surface area contributed by atoms with Crippen molar-refractivity contribution < 1.29 is 0 Å². The van der Waals surface area contributed by atoms with Gasteiger partial charge in [-0.3, -0.25) is 4.99 Å². The molecule has 1 atom stereocenters. The second-order valence-electron chi connectivity index (χ2n) is 3.61. The molecular formula is C11H20IN3S. The number of hydrogen-bond donors (Lipinski definition) is 2. The van der Waals surface area contributed by atoms with Gasteiger partial charge >= 0.3 is 0 Å².